The molecule has 0 radical (unpaired) electrons. The minimum atomic E-state index is -3.61. The second-order valence-electron chi connectivity index (χ2n) is 6.37. The SMILES string of the molecule is CCOc1ccc(C(C)C)cc1S(=O)(=O)N1C[C@@H](C)O[C@@H](C)C1. The first kappa shape index (κ1) is 18.2. The molecule has 1 aliphatic rings. The first-order chi connectivity index (χ1) is 10.8. The first-order valence-corrected chi connectivity index (χ1v) is 9.62. The third kappa shape index (κ3) is 4.05. The van der Waals surface area contributed by atoms with Crippen LogP contribution in [0, 0.1) is 0 Å². The van der Waals surface area contributed by atoms with E-state index in [0.717, 1.165) is 5.56 Å². The normalized spacial score (nSPS) is 23.2. The van der Waals surface area contributed by atoms with Crippen LogP contribution < -0.4 is 4.74 Å². The zero-order chi connectivity index (χ0) is 17.2. The number of rotatable bonds is 5. The molecule has 0 unspecified atom stereocenters. The highest BCUT2D eigenvalue weighted by atomic mass is 32.2. The van der Waals surface area contributed by atoms with Crippen molar-refractivity contribution in [3.63, 3.8) is 0 Å². The molecule has 2 rings (SSSR count). The van der Waals surface area contributed by atoms with Gasteiger partial charge in [-0.1, -0.05) is 19.9 Å². The van der Waals surface area contributed by atoms with Crippen molar-refractivity contribution < 1.29 is 17.9 Å². The van der Waals surface area contributed by atoms with Crippen LogP contribution in [0.15, 0.2) is 23.1 Å². The molecule has 1 aromatic carbocycles. The molecule has 23 heavy (non-hydrogen) atoms. The minimum absolute atomic E-state index is 0.114. The predicted molar refractivity (Wildman–Crippen MR) is 90.5 cm³/mol. The van der Waals surface area contributed by atoms with Gasteiger partial charge >= 0.3 is 0 Å². The number of sulfonamides is 1. The fourth-order valence-corrected chi connectivity index (χ4v) is 4.58. The number of benzene rings is 1. The molecule has 0 saturated carbocycles. The number of ether oxygens (including phenoxy) is 2. The van der Waals surface area contributed by atoms with E-state index >= 15 is 0 Å². The lowest BCUT2D eigenvalue weighted by atomic mass is 10.0. The summed E-state index contributed by atoms with van der Waals surface area (Å²) in [5.41, 5.74) is 0.987. The lowest BCUT2D eigenvalue weighted by molar-refractivity contribution is -0.0441. The average Bonchev–Trinajstić information content (AvgIpc) is 2.46. The van der Waals surface area contributed by atoms with Crippen LogP contribution >= 0.6 is 0 Å². The third-order valence-electron chi connectivity index (χ3n) is 3.94. The lowest BCUT2D eigenvalue weighted by Gasteiger charge is -2.34. The number of hydrogen-bond acceptors (Lipinski definition) is 4. The van der Waals surface area contributed by atoms with Gasteiger partial charge in [0.05, 0.1) is 18.8 Å². The van der Waals surface area contributed by atoms with Crippen molar-refractivity contribution in [2.75, 3.05) is 19.7 Å². The molecule has 0 bridgehead atoms. The van der Waals surface area contributed by atoms with Crippen molar-refractivity contribution in [3.8, 4) is 5.75 Å². The molecule has 1 saturated heterocycles. The molecule has 0 N–H and O–H groups in total. The Hall–Kier alpha value is -1.11. The molecular weight excluding hydrogens is 314 g/mol. The standard InChI is InChI=1S/C17H27NO4S/c1-6-21-16-8-7-15(12(2)3)9-17(16)23(19,20)18-10-13(4)22-14(5)11-18/h7-9,12-14H,6,10-11H2,1-5H3/t13-,14+. The Bertz CT molecular complexity index is 632. The second-order valence-corrected chi connectivity index (χ2v) is 8.28. The largest absolute Gasteiger partial charge is 0.492 e. The van der Waals surface area contributed by atoms with Crippen LogP contribution in [0.5, 0.6) is 5.75 Å². The minimum Gasteiger partial charge on any atom is -0.492 e. The molecule has 0 spiro atoms. The van der Waals surface area contributed by atoms with Crippen molar-refractivity contribution in [2.24, 2.45) is 0 Å². The maximum Gasteiger partial charge on any atom is 0.246 e. The molecule has 6 heteroatoms. The van der Waals surface area contributed by atoms with E-state index in [9.17, 15) is 8.42 Å². The van der Waals surface area contributed by atoms with Gasteiger partial charge in [-0.25, -0.2) is 8.42 Å². The first-order valence-electron chi connectivity index (χ1n) is 8.18. The fraction of sp³-hybridized carbons (Fsp3) is 0.647. The van der Waals surface area contributed by atoms with Gasteiger partial charge in [-0.2, -0.15) is 4.31 Å². The molecule has 0 aliphatic carbocycles. The van der Waals surface area contributed by atoms with E-state index in [0.29, 0.717) is 25.4 Å². The molecular formula is C17H27NO4S. The molecule has 2 atom stereocenters. The summed E-state index contributed by atoms with van der Waals surface area (Å²) in [6, 6.07) is 5.44. The molecule has 5 nitrogen and oxygen atoms in total. The van der Waals surface area contributed by atoms with Crippen molar-refractivity contribution in [1.82, 2.24) is 4.31 Å². The van der Waals surface area contributed by atoms with Gasteiger partial charge in [0, 0.05) is 13.1 Å². The van der Waals surface area contributed by atoms with Gasteiger partial charge in [-0.3, -0.25) is 0 Å². The molecule has 1 aliphatic heterocycles. The second kappa shape index (κ2) is 7.20. The summed E-state index contributed by atoms with van der Waals surface area (Å²) in [5.74, 6) is 0.672. The summed E-state index contributed by atoms with van der Waals surface area (Å²) in [6.07, 6.45) is -0.227. The molecule has 0 amide bonds. The van der Waals surface area contributed by atoms with Crippen molar-refractivity contribution in [3.05, 3.63) is 23.8 Å². The summed E-state index contributed by atoms with van der Waals surface area (Å²) in [6.45, 7) is 10.9. The van der Waals surface area contributed by atoms with Gasteiger partial charge in [0.15, 0.2) is 0 Å². The fourth-order valence-electron chi connectivity index (χ4n) is 2.83. The highest BCUT2D eigenvalue weighted by Crippen LogP contribution is 2.31. The van der Waals surface area contributed by atoms with Crippen LogP contribution in [-0.2, 0) is 14.8 Å². The summed E-state index contributed by atoms with van der Waals surface area (Å²) >= 11 is 0. The lowest BCUT2D eigenvalue weighted by Crippen LogP contribution is -2.48. The van der Waals surface area contributed by atoms with E-state index in [1.165, 1.54) is 4.31 Å². The summed E-state index contributed by atoms with van der Waals surface area (Å²) in [7, 11) is -3.61. The van der Waals surface area contributed by atoms with E-state index in [2.05, 4.69) is 0 Å². The Morgan fingerprint density at radius 1 is 1.26 bits per heavy atom. The highest BCUT2D eigenvalue weighted by Gasteiger charge is 2.34. The zero-order valence-corrected chi connectivity index (χ0v) is 15.4. The molecule has 1 aromatic rings. The van der Waals surface area contributed by atoms with Crippen LogP contribution in [-0.4, -0.2) is 44.6 Å². The van der Waals surface area contributed by atoms with Crippen molar-refractivity contribution in [2.45, 2.75) is 57.6 Å². The third-order valence-corrected chi connectivity index (χ3v) is 5.79. The van der Waals surface area contributed by atoms with Gasteiger partial charge in [-0.15, -0.1) is 0 Å². The Kier molecular flexibility index (Phi) is 5.70. The van der Waals surface area contributed by atoms with Gasteiger partial charge in [0.1, 0.15) is 10.6 Å². The predicted octanol–water partition coefficient (Wildman–Crippen LogP) is 3.01. The van der Waals surface area contributed by atoms with E-state index in [-0.39, 0.29) is 23.0 Å². The van der Waals surface area contributed by atoms with E-state index in [1.54, 1.807) is 12.1 Å². The van der Waals surface area contributed by atoms with E-state index < -0.39 is 10.0 Å². The highest BCUT2D eigenvalue weighted by molar-refractivity contribution is 7.89. The van der Waals surface area contributed by atoms with Crippen LogP contribution in [0.3, 0.4) is 0 Å². The Balaban J connectivity index is 2.46. The van der Waals surface area contributed by atoms with Crippen molar-refractivity contribution >= 4 is 10.0 Å². The van der Waals surface area contributed by atoms with Crippen molar-refractivity contribution in [1.29, 1.82) is 0 Å². The van der Waals surface area contributed by atoms with Crippen LogP contribution in [0.25, 0.3) is 0 Å². The zero-order valence-electron chi connectivity index (χ0n) is 14.6. The maximum absolute atomic E-state index is 13.1. The number of nitrogens with zero attached hydrogens (tertiary/aromatic N) is 1. The summed E-state index contributed by atoms with van der Waals surface area (Å²) in [5, 5.41) is 0. The topological polar surface area (TPSA) is 55.8 Å². The molecule has 1 heterocycles. The molecule has 1 fully saturated rings. The van der Waals surface area contributed by atoms with Gasteiger partial charge in [0.25, 0.3) is 0 Å². The summed E-state index contributed by atoms with van der Waals surface area (Å²) in [4.78, 5) is 0.256. The monoisotopic (exact) mass is 341 g/mol. The van der Waals surface area contributed by atoms with Gasteiger partial charge < -0.3 is 9.47 Å². The van der Waals surface area contributed by atoms with E-state index in [4.69, 9.17) is 9.47 Å². The number of morpholine rings is 1. The molecule has 0 aromatic heterocycles. The molecule has 130 valence electrons. The Morgan fingerprint density at radius 3 is 2.39 bits per heavy atom. The Labute approximate surface area is 139 Å². The quantitative estimate of drug-likeness (QED) is 0.826. The van der Waals surface area contributed by atoms with Crippen LogP contribution in [0.2, 0.25) is 0 Å². The summed E-state index contributed by atoms with van der Waals surface area (Å²) < 4.78 is 39.0. The van der Waals surface area contributed by atoms with Gasteiger partial charge in [-0.05, 0) is 44.4 Å². The average molecular weight is 341 g/mol. The van der Waals surface area contributed by atoms with Crippen LogP contribution in [0.1, 0.15) is 46.1 Å². The smallest absolute Gasteiger partial charge is 0.246 e. The van der Waals surface area contributed by atoms with Gasteiger partial charge in [0.2, 0.25) is 10.0 Å². The maximum atomic E-state index is 13.1. The number of hydrogen-bond donors (Lipinski definition) is 0. The van der Waals surface area contributed by atoms with Crippen LogP contribution in [0.4, 0.5) is 0 Å². The van der Waals surface area contributed by atoms with E-state index in [1.807, 2.05) is 40.7 Å². The Morgan fingerprint density at radius 2 is 1.87 bits per heavy atom.